The molecule has 2 aromatic carbocycles. The molecule has 146 valence electrons. The van der Waals surface area contributed by atoms with Crippen molar-refractivity contribution in [2.24, 2.45) is 0 Å². The monoisotopic (exact) mass is 379 g/mol. The lowest BCUT2D eigenvalue weighted by atomic mass is 10.1. The third-order valence-corrected chi connectivity index (χ3v) is 3.95. The number of carbonyl (C=O) groups is 1. The van der Waals surface area contributed by atoms with Crippen LogP contribution in [0.1, 0.15) is 25.5 Å². The standard InChI is InChI=1S/C20H24F2N2O3/c1-3-26-16-5-7-17(8-6-16)27-11-10-23-20(25)13-24-14(2)15-4-9-18(21)19(22)12-15/h4-9,12,14,24H,3,10-11,13H2,1-2H3,(H,23,25)/p+1/t14-/m1/s1. The molecule has 2 aromatic rings. The summed E-state index contributed by atoms with van der Waals surface area (Å²) in [7, 11) is 0. The predicted molar refractivity (Wildman–Crippen MR) is 97.7 cm³/mol. The molecule has 3 N–H and O–H groups in total. The number of ether oxygens (including phenoxy) is 2. The van der Waals surface area contributed by atoms with Crippen molar-refractivity contribution in [2.75, 3.05) is 26.3 Å². The summed E-state index contributed by atoms with van der Waals surface area (Å²) in [6.45, 7) is 5.26. The van der Waals surface area contributed by atoms with E-state index in [4.69, 9.17) is 9.47 Å². The molecule has 27 heavy (non-hydrogen) atoms. The van der Waals surface area contributed by atoms with E-state index in [0.717, 1.165) is 17.9 Å². The molecular weight excluding hydrogens is 354 g/mol. The van der Waals surface area contributed by atoms with Crippen LogP contribution in [0.25, 0.3) is 0 Å². The Bertz CT molecular complexity index is 739. The Labute approximate surface area is 157 Å². The van der Waals surface area contributed by atoms with Crippen molar-refractivity contribution in [2.45, 2.75) is 19.9 Å². The van der Waals surface area contributed by atoms with Gasteiger partial charge >= 0.3 is 0 Å². The summed E-state index contributed by atoms with van der Waals surface area (Å²) in [5.74, 6) is -0.436. The molecule has 0 radical (unpaired) electrons. The van der Waals surface area contributed by atoms with Gasteiger partial charge in [-0.15, -0.1) is 0 Å². The molecule has 0 aliphatic carbocycles. The van der Waals surface area contributed by atoms with Crippen molar-refractivity contribution in [1.29, 1.82) is 0 Å². The molecule has 0 saturated heterocycles. The Balaban J connectivity index is 1.64. The number of benzene rings is 2. The van der Waals surface area contributed by atoms with Gasteiger partial charge in [-0.2, -0.15) is 0 Å². The van der Waals surface area contributed by atoms with Crippen molar-refractivity contribution in [3.63, 3.8) is 0 Å². The molecule has 5 nitrogen and oxygen atoms in total. The third kappa shape index (κ3) is 6.86. The zero-order valence-corrected chi connectivity index (χ0v) is 15.5. The first-order valence-electron chi connectivity index (χ1n) is 8.90. The normalized spacial score (nSPS) is 11.7. The summed E-state index contributed by atoms with van der Waals surface area (Å²) in [5, 5.41) is 4.52. The van der Waals surface area contributed by atoms with Gasteiger partial charge in [-0.25, -0.2) is 8.78 Å². The minimum absolute atomic E-state index is 0.153. The highest BCUT2D eigenvalue weighted by Crippen LogP contribution is 2.17. The third-order valence-electron chi connectivity index (χ3n) is 3.95. The van der Waals surface area contributed by atoms with Gasteiger partial charge in [0.25, 0.3) is 5.91 Å². The minimum atomic E-state index is -0.886. The van der Waals surface area contributed by atoms with E-state index in [1.807, 2.05) is 38.1 Å². The summed E-state index contributed by atoms with van der Waals surface area (Å²) >= 11 is 0. The zero-order valence-electron chi connectivity index (χ0n) is 15.5. The second kappa shape index (κ2) is 10.5. The predicted octanol–water partition coefficient (Wildman–Crippen LogP) is 2.18. The number of carbonyl (C=O) groups excluding carboxylic acids is 1. The van der Waals surface area contributed by atoms with Crippen LogP contribution in [0.2, 0.25) is 0 Å². The molecule has 0 aliphatic heterocycles. The van der Waals surface area contributed by atoms with E-state index in [1.54, 1.807) is 5.32 Å². The van der Waals surface area contributed by atoms with Crippen LogP contribution < -0.4 is 20.1 Å². The number of rotatable bonds is 10. The van der Waals surface area contributed by atoms with Gasteiger partial charge in [-0.3, -0.25) is 4.79 Å². The maximum atomic E-state index is 13.3. The largest absolute Gasteiger partial charge is 0.494 e. The SMILES string of the molecule is CCOc1ccc(OCCNC(=O)C[NH2+][C@H](C)c2ccc(F)c(F)c2)cc1. The molecule has 1 atom stereocenters. The topological polar surface area (TPSA) is 64.2 Å². The van der Waals surface area contributed by atoms with E-state index in [0.29, 0.717) is 31.1 Å². The Morgan fingerprint density at radius 2 is 1.74 bits per heavy atom. The first kappa shape index (κ1) is 20.6. The Morgan fingerprint density at radius 3 is 2.37 bits per heavy atom. The number of hydrogen-bond donors (Lipinski definition) is 2. The molecular formula is C20H25F2N2O3+. The van der Waals surface area contributed by atoms with Crippen LogP contribution in [0, 0.1) is 11.6 Å². The maximum absolute atomic E-state index is 13.3. The van der Waals surface area contributed by atoms with Crippen LogP contribution in [-0.4, -0.2) is 32.2 Å². The number of amides is 1. The van der Waals surface area contributed by atoms with Crippen molar-refractivity contribution in [3.8, 4) is 11.5 Å². The number of nitrogens with one attached hydrogen (secondary N) is 1. The van der Waals surface area contributed by atoms with Gasteiger partial charge in [-0.05, 0) is 56.3 Å². The van der Waals surface area contributed by atoms with E-state index in [2.05, 4.69) is 5.32 Å². The Hall–Kier alpha value is -2.67. The van der Waals surface area contributed by atoms with Gasteiger partial charge < -0.3 is 20.1 Å². The summed E-state index contributed by atoms with van der Waals surface area (Å²) in [5.41, 5.74) is 0.625. The molecule has 0 aliphatic rings. The minimum Gasteiger partial charge on any atom is -0.494 e. The maximum Gasteiger partial charge on any atom is 0.275 e. The highest BCUT2D eigenvalue weighted by Gasteiger charge is 2.13. The molecule has 1 amide bonds. The van der Waals surface area contributed by atoms with Crippen molar-refractivity contribution >= 4 is 5.91 Å². The van der Waals surface area contributed by atoms with Crippen molar-refractivity contribution in [1.82, 2.24) is 5.32 Å². The molecule has 0 aromatic heterocycles. The van der Waals surface area contributed by atoms with Gasteiger partial charge in [0.1, 0.15) is 24.1 Å². The van der Waals surface area contributed by atoms with Gasteiger partial charge in [0.05, 0.1) is 13.2 Å². The zero-order chi connectivity index (χ0) is 19.6. The molecule has 2 rings (SSSR count). The van der Waals surface area contributed by atoms with Gasteiger partial charge in [0.15, 0.2) is 18.2 Å². The van der Waals surface area contributed by atoms with E-state index in [1.165, 1.54) is 6.07 Å². The summed E-state index contributed by atoms with van der Waals surface area (Å²) < 4.78 is 37.1. The molecule has 0 saturated carbocycles. The first-order chi connectivity index (χ1) is 13.0. The first-order valence-corrected chi connectivity index (χ1v) is 8.90. The van der Waals surface area contributed by atoms with Gasteiger partial charge in [0.2, 0.25) is 0 Å². The molecule has 7 heteroatoms. The van der Waals surface area contributed by atoms with Crippen LogP contribution in [0.15, 0.2) is 42.5 Å². The average Bonchev–Trinajstić information content (AvgIpc) is 2.67. The molecule has 0 spiro atoms. The summed E-state index contributed by atoms with van der Waals surface area (Å²) in [4.78, 5) is 11.9. The van der Waals surface area contributed by atoms with E-state index in [9.17, 15) is 13.6 Å². The summed E-state index contributed by atoms with van der Waals surface area (Å²) in [6, 6.07) is 10.9. The van der Waals surface area contributed by atoms with Crippen LogP contribution in [0.4, 0.5) is 8.78 Å². The van der Waals surface area contributed by atoms with Crippen molar-refractivity contribution < 1.29 is 28.4 Å². The number of nitrogens with two attached hydrogens (primary N) is 1. The highest BCUT2D eigenvalue weighted by molar-refractivity contribution is 5.76. The van der Waals surface area contributed by atoms with Crippen LogP contribution in [-0.2, 0) is 4.79 Å². The second-order valence-electron chi connectivity index (χ2n) is 6.00. The van der Waals surface area contributed by atoms with E-state index >= 15 is 0 Å². The smallest absolute Gasteiger partial charge is 0.275 e. The van der Waals surface area contributed by atoms with Crippen LogP contribution in [0.5, 0.6) is 11.5 Å². The Morgan fingerprint density at radius 1 is 1.07 bits per heavy atom. The molecule has 0 bridgehead atoms. The highest BCUT2D eigenvalue weighted by atomic mass is 19.2. The fraction of sp³-hybridized carbons (Fsp3) is 0.350. The molecule has 0 unspecified atom stereocenters. The average molecular weight is 379 g/mol. The summed E-state index contributed by atoms with van der Waals surface area (Å²) in [6.07, 6.45) is 0. The van der Waals surface area contributed by atoms with E-state index < -0.39 is 11.6 Å². The van der Waals surface area contributed by atoms with Crippen molar-refractivity contribution in [3.05, 3.63) is 59.7 Å². The van der Waals surface area contributed by atoms with Gasteiger partial charge in [-0.1, -0.05) is 0 Å². The van der Waals surface area contributed by atoms with Crippen LogP contribution >= 0.6 is 0 Å². The fourth-order valence-electron chi connectivity index (χ4n) is 2.45. The molecule has 0 fully saturated rings. The lowest BCUT2D eigenvalue weighted by Crippen LogP contribution is -2.87. The Kier molecular flexibility index (Phi) is 8.00. The van der Waals surface area contributed by atoms with Gasteiger partial charge in [0, 0.05) is 5.56 Å². The van der Waals surface area contributed by atoms with Crippen LogP contribution in [0.3, 0.4) is 0 Å². The second-order valence-corrected chi connectivity index (χ2v) is 6.00. The lowest BCUT2D eigenvalue weighted by molar-refractivity contribution is -0.682. The lowest BCUT2D eigenvalue weighted by Gasteiger charge is -2.12. The number of halogens is 2. The number of quaternary nitrogens is 1. The molecule has 0 heterocycles. The fourth-order valence-corrected chi connectivity index (χ4v) is 2.45. The number of hydrogen-bond acceptors (Lipinski definition) is 3. The quantitative estimate of drug-likeness (QED) is 0.622. The van der Waals surface area contributed by atoms with E-state index in [-0.39, 0.29) is 18.5 Å².